The van der Waals surface area contributed by atoms with Gasteiger partial charge in [0.2, 0.25) is 0 Å². The molecule has 376 valence electrons. The average Bonchev–Trinajstić information content (AvgIpc) is 3.28. The lowest BCUT2D eigenvalue weighted by molar-refractivity contribution is -0.161. The van der Waals surface area contributed by atoms with E-state index in [0.717, 1.165) is 51.4 Å². The zero-order valence-corrected chi connectivity index (χ0v) is 42.7. The number of carbonyl (C=O) groups excluding carboxylic acids is 2. The van der Waals surface area contributed by atoms with Crippen molar-refractivity contribution >= 4 is 19.8 Å². The molecule has 10 heteroatoms. The van der Waals surface area contributed by atoms with Crippen molar-refractivity contribution in [2.75, 3.05) is 26.4 Å². The van der Waals surface area contributed by atoms with Gasteiger partial charge in [-0.3, -0.25) is 18.6 Å². The molecule has 0 saturated heterocycles. The highest BCUT2D eigenvalue weighted by Gasteiger charge is 2.26. The number of phosphoric acid groups is 1. The average molecular weight is 924 g/mol. The van der Waals surface area contributed by atoms with E-state index in [0.29, 0.717) is 6.42 Å². The Balaban J connectivity index is 3.67. The van der Waals surface area contributed by atoms with Gasteiger partial charge >= 0.3 is 19.8 Å². The van der Waals surface area contributed by atoms with Crippen LogP contribution in [0.25, 0.3) is 0 Å². The quantitative estimate of drug-likeness (QED) is 0.0265. The van der Waals surface area contributed by atoms with Crippen LogP contribution in [-0.4, -0.2) is 49.3 Å². The smallest absolute Gasteiger partial charge is 0.462 e. The number of ether oxygens (including phenoxy) is 2. The molecule has 3 N–H and O–H groups in total. The largest absolute Gasteiger partial charge is 0.472 e. The molecule has 0 aromatic heterocycles. The summed E-state index contributed by atoms with van der Waals surface area (Å²) in [4.78, 5) is 34.7. The molecule has 0 rings (SSSR count). The number of esters is 2. The van der Waals surface area contributed by atoms with E-state index in [2.05, 4.69) is 50.3 Å². The van der Waals surface area contributed by atoms with Crippen molar-refractivity contribution in [1.29, 1.82) is 0 Å². The van der Waals surface area contributed by atoms with Gasteiger partial charge < -0.3 is 20.1 Å². The standard InChI is InChI=1S/C54H102NO8P/c1-3-5-7-9-11-12-13-14-15-16-17-18-19-20-21-22-23-24-25-26-27-28-29-30-31-32-33-34-35-36-37-38-39-40-41-43-45-47-54(57)63-52(51-62-64(58,59)61-49-48-55)50-60-53(56)46-44-42-10-8-6-4-2/h13-14,16-17,19-20,52H,3-12,15,18,21-51,55H2,1-2H3,(H,58,59)/b14-13-,17-16-,20-19-. The van der Waals surface area contributed by atoms with E-state index in [4.69, 9.17) is 24.3 Å². The highest BCUT2D eigenvalue weighted by atomic mass is 31.2. The molecule has 64 heavy (non-hydrogen) atoms. The molecule has 0 aliphatic carbocycles. The van der Waals surface area contributed by atoms with Gasteiger partial charge in [0.1, 0.15) is 6.61 Å². The maximum absolute atomic E-state index is 12.6. The fourth-order valence-electron chi connectivity index (χ4n) is 7.76. The summed E-state index contributed by atoms with van der Waals surface area (Å²) in [6.45, 7) is 3.67. The van der Waals surface area contributed by atoms with Crippen LogP contribution in [0.1, 0.15) is 264 Å². The van der Waals surface area contributed by atoms with Gasteiger partial charge in [-0.25, -0.2) is 4.57 Å². The molecule has 0 spiro atoms. The van der Waals surface area contributed by atoms with Gasteiger partial charge in [0.05, 0.1) is 13.2 Å². The van der Waals surface area contributed by atoms with Gasteiger partial charge in [0.15, 0.2) is 6.10 Å². The Morgan fingerprint density at radius 1 is 0.469 bits per heavy atom. The number of nitrogens with two attached hydrogens (primary N) is 1. The van der Waals surface area contributed by atoms with Crippen molar-refractivity contribution in [3.63, 3.8) is 0 Å². The third kappa shape index (κ3) is 49.7. The molecule has 0 aliphatic rings. The van der Waals surface area contributed by atoms with E-state index in [1.54, 1.807) is 0 Å². The minimum absolute atomic E-state index is 0.0555. The first-order valence-electron chi connectivity index (χ1n) is 27.0. The Morgan fingerprint density at radius 3 is 1.20 bits per heavy atom. The maximum atomic E-state index is 12.6. The predicted octanol–water partition coefficient (Wildman–Crippen LogP) is 16.5. The molecule has 0 saturated carbocycles. The molecule has 2 atom stereocenters. The van der Waals surface area contributed by atoms with Crippen molar-refractivity contribution in [2.45, 2.75) is 270 Å². The number of hydrogen-bond donors (Lipinski definition) is 2. The summed E-state index contributed by atoms with van der Waals surface area (Å²) < 4.78 is 32.7. The van der Waals surface area contributed by atoms with Gasteiger partial charge in [-0.05, 0) is 51.4 Å². The second-order valence-electron chi connectivity index (χ2n) is 18.1. The molecular formula is C54H102NO8P. The van der Waals surface area contributed by atoms with Crippen LogP contribution >= 0.6 is 7.82 Å². The lowest BCUT2D eigenvalue weighted by Gasteiger charge is -2.19. The van der Waals surface area contributed by atoms with Crippen LogP contribution < -0.4 is 5.73 Å². The van der Waals surface area contributed by atoms with Crippen molar-refractivity contribution in [3.05, 3.63) is 36.5 Å². The van der Waals surface area contributed by atoms with Crippen LogP contribution in [0.2, 0.25) is 0 Å². The number of unbranched alkanes of at least 4 members (excludes halogenated alkanes) is 32. The Hall–Kier alpha value is -1.77. The Kier molecular flexibility index (Phi) is 49.2. The van der Waals surface area contributed by atoms with Crippen molar-refractivity contribution < 1.29 is 37.6 Å². The molecule has 0 amide bonds. The first-order chi connectivity index (χ1) is 31.3. The fourth-order valence-corrected chi connectivity index (χ4v) is 8.53. The van der Waals surface area contributed by atoms with E-state index < -0.39 is 26.5 Å². The third-order valence-corrected chi connectivity index (χ3v) is 12.8. The zero-order valence-electron chi connectivity index (χ0n) is 41.8. The Bertz CT molecular complexity index is 1140. The molecule has 0 aromatic rings. The minimum Gasteiger partial charge on any atom is -0.462 e. The summed E-state index contributed by atoms with van der Waals surface area (Å²) in [5.74, 6) is -0.828. The number of allylic oxidation sites excluding steroid dienone is 6. The molecule has 0 radical (unpaired) electrons. The minimum atomic E-state index is -4.37. The van der Waals surface area contributed by atoms with Gasteiger partial charge in [-0.15, -0.1) is 0 Å². The highest BCUT2D eigenvalue weighted by molar-refractivity contribution is 7.47. The van der Waals surface area contributed by atoms with Crippen LogP contribution in [-0.2, 0) is 32.7 Å². The molecule has 0 fully saturated rings. The van der Waals surface area contributed by atoms with Crippen LogP contribution in [0.5, 0.6) is 0 Å². The number of carbonyl (C=O) groups is 2. The van der Waals surface area contributed by atoms with Crippen LogP contribution in [0, 0.1) is 0 Å². The normalized spacial score (nSPS) is 13.4. The first kappa shape index (κ1) is 62.2. The van der Waals surface area contributed by atoms with E-state index in [-0.39, 0.29) is 38.6 Å². The fraction of sp³-hybridized carbons (Fsp3) is 0.852. The molecule has 0 heterocycles. The second-order valence-corrected chi connectivity index (χ2v) is 19.6. The van der Waals surface area contributed by atoms with Crippen molar-refractivity contribution in [1.82, 2.24) is 0 Å². The maximum Gasteiger partial charge on any atom is 0.472 e. The topological polar surface area (TPSA) is 134 Å². The summed E-state index contributed by atoms with van der Waals surface area (Å²) in [5.41, 5.74) is 5.34. The SMILES string of the molecule is CCCCCCC/C=C\C/C=C\C/C=C\CCCCCCCCCCCCCCCCCCCCCCCCC(=O)OC(COC(=O)CCCCCCCC)COP(=O)(O)OCCN. The van der Waals surface area contributed by atoms with Crippen LogP contribution in [0.3, 0.4) is 0 Å². The van der Waals surface area contributed by atoms with E-state index >= 15 is 0 Å². The summed E-state index contributed by atoms with van der Waals surface area (Å²) in [6, 6.07) is 0. The van der Waals surface area contributed by atoms with Crippen LogP contribution in [0.4, 0.5) is 0 Å². The highest BCUT2D eigenvalue weighted by Crippen LogP contribution is 2.43. The number of hydrogen-bond acceptors (Lipinski definition) is 8. The Morgan fingerprint density at radius 2 is 0.812 bits per heavy atom. The molecular weight excluding hydrogens is 822 g/mol. The van der Waals surface area contributed by atoms with E-state index in [9.17, 15) is 19.0 Å². The van der Waals surface area contributed by atoms with Gasteiger partial charge in [-0.1, -0.05) is 237 Å². The first-order valence-corrected chi connectivity index (χ1v) is 28.5. The lowest BCUT2D eigenvalue weighted by Crippen LogP contribution is -2.29. The second kappa shape index (κ2) is 50.6. The lowest BCUT2D eigenvalue weighted by atomic mass is 10.0. The Labute approximate surface area is 394 Å². The molecule has 0 bridgehead atoms. The zero-order chi connectivity index (χ0) is 46.7. The summed E-state index contributed by atoms with van der Waals surface area (Å²) >= 11 is 0. The summed E-state index contributed by atoms with van der Waals surface area (Å²) in [6.07, 6.45) is 59.8. The van der Waals surface area contributed by atoms with E-state index in [1.807, 2.05) is 0 Å². The van der Waals surface area contributed by atoms with Crippen molar-refractivity contribution in [3.8, 4) is 0 Å². The third-order valence-electron chi connectivity index (χ3n) is 11.8. The summed E-state index contributed by atoms with van der Waals surface area (Å²) in [5, 5.41) is 0. The van der Waals surface area contributed by atoms with Gasteiger partial charge in [0, 0.05) is 19.4 Å². The molecule has 0 aromatic carbocycles. The number of phosphoric ester groups is 1. The molecule has 9 nitrogen and oxygen atoms in total. The van der Waals surface area contributed by atoms with E-state index in [1.165, 1.54) is 180 Å². The molecule has 2 unspecified atom stereocenters. The summed E-state index contributed by atoms with van der Waals surface area (Å²) in [7, 11) is -4.37. The van der Waals surface area contributed by atoms with Gasteiger partial charge in [-0.2, -0.15) is 0 Å². The number of rotatable bonds is 51. The van der Waals surface area contributed by atoms with Crippen molar-refractivity contribution in [2.24, 2.45) is 5.73 Å². The molecule has 0 aliphatic heterocycles. The predicted molar refractivity (Wildman–Crippen MR) is 270 cm³/mol. The van der Waals surface area contributed by atoms with Gasteiger partial charge in [0.25, 0.3) is 0 Å². The van der Waals surface area contributed by atoms with Crippen LogP contribution in [0.15, 0.2) is 36.5 Å². The monoisotopic (exact) mass is 924 g/mol.